The second kappa shape index (κ2) is 8.86. The summed E-state index contributed by atoms with van der Waals surface area (Å²) in [5, 5.41) is 14.6. The lowest BCUT2D eigenvalue weighted by atomic mass is 10.1. The Kier molecular flexibility index (Phi) is 5.83. The number of anilines is 1. The highest BCUT2D eigenvalue weighted by Crippen LogP contribution is 2.30. The van der Waals surface area contributed by atoms with Gasteiger partial charge in [-0.15, -0.1) is 11.3 Å². The number of thiazole rings is 1. The van der Waals surface area contributed by atoms with Gasteiger partial charge < -0.3 is 5.32 Å². The van der Waals surface area contributed by atoms with E-state index in [0.29, 0.717) is 11.3 Å². The van der Waals surface area contributed by atoms with Crippen LogP contribution in [0.2, 0.25) is 0 Å². The van der Waals surface area contributed by atoms with Crippen molar-refractivity contribution in [2.75, 3.05) is 5.32 Å². The number of carbonyl (C=O) groups excluding carboxylic acids is 1. The smallest absolute Gasteiger partial charge is 0.269 e. The van der Waals surface area contributed by atoms with Crippen molar-refractivity contribution in [3.63, 3.8) is 0 Å². The zero-order valence-electron chi connectivity index (χ0n) is 15.9. The highest BCUT2D eigenvalue weighted by molar-refractivity contribution is 7.80. The number of carbonyl (C=O) groups is 1. The second-order valence-corrected chi connectivity index (χ2v) is 7.84. The third-order valence-electron chi connectivity index (χ3n) is 4.31. The molecule has 4 aromatic rings. The van der Waals surface area contributed by atoms with Crippen LogP contribution >= 0.6 is 23.6 Å². The maximum Gasteiger partial charge on any atom is 0.269 e. The summed E-state index contributed by atoms with van der Waals surface area (Å²) in [6, 6.07) is 20.8. The number of nitro groups is 1. The molecule has 3 aromatic carbocycles. The number of nitro benzene ring substituents is 1. The van der Waals surface area contributed by atoms with E-state index in [1.54, 1.807) is 23.5 Å². The molecule has 0 saturated heterocycles. The van der Waals surface area contributed by atoms with E-state index in [2.05, 4.69) is 21.2 Å². The SMILES string of the molecule is O=C(NNC(=S)Nc1ccc([N+](=O)[O-])cc1)c1ccc(-c2nc3ccccc3s2)cc1. The molecule has 0 aliphatic carbocycles. The second-order valence-electron chi connectivity index (χ2n) is 6.40. The molecule has 0 aliphatic rings. The van der Waals surface area contributed by atoms with Crippen molar-refractivity contribution in [2.24, 2.45) is 0 Å². The van der Waals surface area contributed by atoms with Gasteiger partial charge in [0.1, 0.15) is 5.01 Å². The average molecular weight is 450 g/mol. The largest absolute Gasteiger partial charge is 0.331 e. The van der Waals surface area contributed by atoms with Gasteiger partial charge in [-0.25, -0.2) is 4.98 Å². The van der Waals surface area contributed by atoms with Crippen molar-refractivity contribution >= 4 is 56.2 Å². The molecule has 1 aromatic heterocycles. The number of rotatable bonds is 4. The van der Waals surface area contributed by atoms with Crippen LogP contribution in [-0.4, -0.2) is 20.9 Å². The maximum absolute atomic E-state index is 12.4. The topological polar surface area (TPSA) is 109 Å². The number of para-hydroxylation sites is 1. The predicted molar refractivity (Wildman–Crippen MR) is 125 cm³/mol. The van der Waals surface area contributed by atoms with E-state index in [1.165, 1.54) is 24.3 Å². The van der Waals surface area contributed by atoms with E-state index in [1.807, 2.05) is 36.4 Å². The fourth-order valence-corrected chi connectivity index (χ4v) is 3.91. The minimum atomic E-state index is -0.483. The summed E-state index contributed by atoms with van der Waals surface area (Å²) in [6.07, 6.45) is 0. The van der Waals surface area contributed by atoms with E-state index in [4.69, 9.17) is 12.2 Å². The lowest BCUT2D eigenvalue weighted by Crippen LogP contribution is -2.43. The molecule has 154 valence electrons. The van der Waals surface area contributed by atoms with Crippen LogP contribution in [-0.2, 0) is 0 Å². The van der Waals surface area contributed by atoms with Crippen LogP contribution in [0.4, 0.5) is 11.4 Å². The normalized spacial score (nSPS) is 10.5. The average Bonchev–Trinajstić information content (AvgIpc) is 3.22. The molecule has 0 bridgehead atoms. The predicted octanol–water partition coefficient (Wildman–Crippen LogP) is 4.50. The summed E-state index contributed by atoms with van der Waals surface area (Å²) in [6.45, 7) is 0. The molecular formula is C21H15N5O3S2. The lowest BCUT2D eigenvalue weighted by molar-refractivity contribution is -0.384. The number of fused-ring (bicyclic) bond motifs is 1. The zero-order valence-corrected chi connectivity index (χ0v) is 17.5. The summed E-state index contributed by atoms with van der Waals surface area (Å²) in [5.41, 5.74) is 7.99. The number of nitrogens with zero attached hydrogens (tertiary/aromatic N) is 2. The Hall–Kier alpha value is -3.89. The van der Waals surface area contributed by atoms with E-state index in [9.17, 15) is 14.9 Å². The standard InChI is InChI=1S/C21H15N5O3S2/c27-19(24-25-21(30)22-15-9-11-16(12-10-15)26(28)29)13-5-7-14(8-6-13)20-23-17-3-1-2-4-18(17)31-20/h1-12H,(H,24,27)(H2,22,25,30). The fraction of sp³-hybridized carbons (Fsp3) is 0. The Labute approximate surface area is 186 Å². The number of aromatic nitrogens is 1. The van der Waals surface area contributed by atoms with Gasteiger partial charge in [0.05, 0.1) is 15.1 Å². The van der Waals surface area contributed by atoms with Gasteiger partial charge in [0.25, 0.3) is 11.6 Å². The molecule has 0 aliphatic heterocycles. The number of hydrogen-bond acceptors (Lipinski definition) is 6. The van der Waals surface area contributed by atoms with Crippen LogP contribution in [0, 0.1) is 10.1 Å². The van der Waals surface area contributed by atoms with Gasteiger partial charge in [-0.2, -0.15) is 0 Å². The van der Waals surface area contributed by atoms with Crippen LogP contribution in [0.1, 0.15) is 10.4 Å². The number of benzene rings is 3. The molecule has 8 nitrogen and oxygen atoms in total. The van der Waals surface area contributed by atoms with Crippen molar-refractivity contribution in [3.05, 3.63) is 88.5 Å². The Bertz CT molecular complexity index is 1240. The van der Waals surface area contributed by atoms with Crippen molar-refractivity contribution in [1.82, 2.24) is 15.8 Å². The van der Waals surface area contributed by atoms with Gasteiger partial charge in [0.2, 0.25) is 0 Å². The number of hydrazine groups is 1. The van der Waals surface area contributed by atoms with Gasteiger partial charge in [-0.1, -0.05) is 24.3 Å². The zero-order chi connectivity index (χ0) is 21.8. The van der Waals surface area contributed by atoms with Crippen LogP contribution in [0.3, 0.4) is 0 Å². The third kappa shape index (κ3) is 4.82. The molecule has 3 N–H and O–H groups in total. The number of non-ortho nitro benzene ring substituents is 1. The Morgan fingerprint density at radius 1 is 0.968 bits per heavy atom. The maximum atomic E-state index is 12.4. The molecule has 1 amide bonds. The first-order valence-electron chi connectivity index (χ1n) is 9.07. The quantitative estimate of drug-likeness (QED) is 0.239. The molecule has 0 fully saturated rings. The third-order valence-corrected chi connectivity index (χ3v) is 5.60. The summed E-state index contributed by atoms with van der Waals surface area (Å²) in [5.74, 6) is -0.358. The highest BCUT2D eigenvalue weighted by atomic mass is 32.1. The highest BCUT2D eigenvalue weighted by Gasteiger charge is 2.10. The van der Waals surface area contributed by atoms with Crippen LogP contribution in [0.25, 0.3) is 20.8 Å². The minimum Gasteiger partial charge on any atom is -0.331 e. The van der Waals surface area contributed by atoms with Gasteiger partial charge in [-0.05, 0) is 48.6 Å². The Balaban J connectivity index is 1.34. The molecule has 4 rings (SSSR count). The van der Waals surface area contributed by atoms with Crippen LogP contribution in [0.15, 0.2) is 72.8 Å². The Morgan fingerprint density at radius 3 is 2.35 bits per heavy atom. The Morgan fingerprint density at radius 2 is 1.68 bits per heavy atom. The summed E-state index contributed by atoms with van der Waals surface area (Å²) < 4.78 is 1.11. The molecule has 31 heavy (non-hydrogen) atoms. The number of amides is 1. The number of nitrogens with one attached hydrogen (secondary N) is 3. The molecule has 0 unspecified atom stereocenters. The molecule has 0 saturated carbocycles. The van der Waals surface area contributed by atoms with Crippen LogP contribution < -0.4 is 16.2 Å². The summed E-state index contributed by atoms with van der Waals surface area (Å²) in [4.78, 5) is 27.2. The summed E-state index contributed by atoms with van der Waals surface area (Å²) >= 11 is 6.72. The van der Waals surface area contributed by atoms with E-state index in [0.717, 1.165) is 20.8 Å². The van der Waals surface area contributed by atoms with Gasteiger partial charge in [0.15, 0.2) is 5.11 Å². The minimum absolute atomic E-state index is 0.0213. The van der Waals surface area contributed by atoms with E-state index in [-0.39, 0.29) is 16.7 Å². The molecular weight excluding hydrogens is 434 g/mol. The first-order chi connectivity index (χ1) is 15.0. The summed E-state index contributed by atoms with van der Waals surface area (Å²) in [7, 11) is 0. The number of hydrogen-bond donors (Lipinski definition) is 3. The van der Waals surface area contributed by atoms with E-state index >= 15 is 0 Å². The lowest BCUT2D eigenvalue weighted by Gasteiger charge is -2.11. The van der Waals surface area contributed by atoms with Crippen molar-refractivity contribution < 1.29 is 9.72 Å². The molecule has 0 spiro atoms. The molecule has 1 heterocycles. The number of thiocarbonyl (C=S) groups is 1. The van der Waals surface area contributed by atoms with Crippen molar-refractivity contribution in [3.8, 4) is 10.6 Å². The molecule has 0 atom stereocenters. The van der Waals surface area contributed by atoms with Crippen molar-refractivity contribution in [1.29, 1.82) is 0 Å². The fourth-order valence-electron chi connectivity index (χ4n) is 2.77. The van der Waals surface area contributed by atoms with Gasteiger partial charge in [-0.3, -0.25) is 25.8 Å². The molecule has 0 radical (unpaired) electrons. The van der Waals surface area contributed by atoms with Gasteiger partial charge in [0, 0.05) is 28.9 Å². The first kappa shape index (κ1) is 20.4. The molecule has 10 heteroatoms. The van der Waals surface area contributed by atoms with E-state index < -0.39 is 4.92 Å². The first-order valence-corrected chi connectivity index (χ1v) is 10.3. The van der Waals surface area contributed by atoms with Crippen LogP contribution in [0.5, 0.6) is 0 Å². The van der Waals surface area contributed by atoms with Crippen molar-refractivity contribution in [2.45, 2.75) is 0 Å². The van der Waals surface area contributed by atoms with Gasteiger partial charge >= 0.3 is 0 Å². The monoisotopic (exact) mass is 449 g/mol.